The maximum absolute atomic E-state index is 7.14. The molecular formula is C56H49BN2O. The lowest BCUT2D eigenvalue weighted by Gasteiger charge is -2.50. The normalized spacial score (nSPS) is 18.6. The summed E-state index contributed by atoms with van der Waals surface area (Å²) in [5.41, 5.74) is 24.3. The van der Waals surface area contributed by atoms with Crippen molar-refractivity contribution in [2.45, 2.75) is 89.9 Å². The molecule has 1 aromatic heterocycles. The second-order valence-corrected chi connectivity index (χ2v) is 20.7. The molecule has 0 spiro atoms. The van der Waals surface area contributed by atoms with E-state index in [0.29, 0.717) is 0 Å². The van der Waals surface area contributed by atoms with Crippen LogP contribution in [0.4, 0.5) is 28.4 Å². The molecule has 4 heteroatoms. The van der Waals surface area contributed by atoms with Gasteiger partial charge in [-0.2, -0.15) is 0 Å². The number of nitrogens with zero attached hydrogens (tertiary/aromatic N) is 2. The lowest BCUT2D eigenvalue weighted by atomic mass is 9.42. The van der Waals surface area contributed by atoms with Gasteiger partial charge in [0.05, 0.1) is 5.69 Å². The molecule has 5 aliphatic rings. The molecule has 2 aliphatic carbocycles. The van der Waals surface area contributed by atoms with Gasteiger partial charge in [-0.05, 0) is 122 Å². The van der Waals surface area contributed by atoms with Gasteiger partial charge < -0.3 is 14.1 Å². The molecule has 292 valence electrons. The van der Waals surface area contributed by atoms with E-state index in [2.05, 4.69) is 192 Å². The Morgan fingerprint density at radius 2 is 1.20 bits per heavy atom. The maximum atomic E-state index is 7.14. The molecule has 0 radical (unpaired) electrons. The average Bonchev–Trinajstić information content (AvgIpc) is 3.72. The smallest absolute Gasteiger partial charge is 0.333 e. The number of hydrogen-bond donors (Lipinski definition) is 0. The zero-order valence-corrected chi connectivity index (χ0v) is 35.9. The summed E-state index contributed by atoms with van der Waals surface area (Å²) in [6, 6.07) is 49.0. The van der Waals surface area contributed by atoms with Crippen LogP contribution in [0.1, 0.15) is 102 Å². The summed E-state index contributed by atoms with van der Waals surface area (Å²) in [6.45, 7) is 19.3. The van der Waals surface area contributed by atoms with Crippen LogP contribution >= 0.6 is 0 Å². The van der Waals surface area contributed by atoms with E-state index >= 15 is 0 Å². The van der Waals surface area contributed by atoms with Crippen molar-refractivity contribution in [1.29, 1.82) is 0 Å². The number of hydrogen-bond acceptors (Lipinski definition) is 3. The van der Waals surface area contributed by atoms with E-state index in [1.807, 2.05) is 0 Å². The molecule has 0 saturated heterocycles. The van der Waals surface area contributed by atoms with Crippen molar-refractivity contribution >= 4 is 68.1 Å². The van der Waals surface area contributed by atoms with E-state index in [9.17, 15) is 0 Å². The van der Waals surface area contributed by atoms with E-state index in [0.717, 1.165) is 16.6 Å². The van der Waals surface area contributed by atoms with Gasteiger partial charge in [0.15, 0.2) is 0 Å². The fraction of sp³-hybridized carbons (Fsp3) is 0.250. The van der Waals surface area contributed by atoms with Crippen LogP contribution in [0.3, 0.4) is 0 Å². The Morgan fingerprint density at radius 1 is 0.500 bits per heavy atom. The zero-order valence-electron chi connectivity index (χ0n) is 35.9. The standard InChI is InChI=1S/C56H49BN2O/c1-53(2)26-27-54(3,4)43-28-32(24-25-39(43)53)59-46-30-35-33-16-9-11-18-38(33)55(5,6)42(35)29-37(46)49-50-47(31-36-34-17-10-14-23-48(34)60-52(36)49)58-45-22-13-12-19-40(45)56(7,8)41-20-15-21-44(51(41)58)57(50)59/h9-25,28-31H,26-27H2,1-8H3. The van der Waals surface area contributed by atoms with Crippen molar-refractivity contribution in [3.8, 4) is 22.3 Å². The first-order valence-corrected chi connectivity index (χ1v) is 22.0. The molecule has 7 aromatic carbocycles. The van der Waals surface area contributed by atoms with Crippen molar-refractivity contribution in [2.24, 2.45) is 0 Å². The van der Waals surface area contributed by atoms with Crippen molar-refractivity contribution in [2.75, 3.05) is 9.71 Å². The molecule has 60 heavy (non-hydrogen) atoms. The fourth-order valence-corrected chi connectivity index (χ4v) is 12.6. The third-order valence-electron chi connectivity index (χ3n) is 15.9. The number of furan rings is 1. The van der Waals surface area contributed by atoms with Crippen LogP contribution < -0.4 is 20.6 Å². The predicted octanol–water partition coefficient (Wildman–Crippen LogP) is 13.6. The number of fused-ring (bicyclic) bond motifs is 14. The van der Waals surface area contributed by atoms with Gasteiger partial charge >= 0.3 is 6.85 Å². The highest BCUT2D eigenvalue weighted by Crippen LogP contribution is 2.59. The Morgan fingerprint density at radius 3 is 2.03 bits per heavy atom. The van der Waals surface area contributed by atoms with Crippen LogP contribution in [0.2, 0.25) is 0 Å². The van der Waals surface area contributed by atoms with Crippen molar-refractivity contribution in [3.05, 3.63) is 161 Å². The van der Waals surface area contributed by atoms with Gasteiger partial charge in [0.2, 0.25) is 0 Å². The van der Waals surface area contributed by atoms with Gasteiger partial charge in [-0.25, -0.2) is 0 Å². The average molecular weight is 777 g/mol. The summed E-state index contributed by atoms with van der Waals surface area (Å²) < 4.78 is 7.14. The summed E-state index contributed by atoms with van der Waals surface area (Å²) in [5.74, 6) is 0. The topological polar surface area (TPSA) is 19.6 Å². The predicted molar refractivity (Wildman–Crippen MR) is 252 cm³/mol. The van der Waals surface area contributed by atoms with Gasteiger partial charge in [0.25, 0.3) is 0 Å². The van der Waals surface area contributed by atoms with Crippen molar-refractivity contribution < 1.29 is 4.42 Å². The Bertz CT molecular complexity index is 3250. The van der Waals surface area contributed by atoms with Crippen molar-refractivity contribution in [1.82, 2.24) is 0 Å². The molecule has 3 nitrogen and oxygen atoms in total. The quantitative estimate of drug-likeness (QED) is 0.155. The summed E-state index contributed by atoms with van der Waals surface area (Å²) >= 11 is 0. The van der Waals surface area contributed by atoms with Gasteiger partial charge in [-0.15, -0.1) is 0 Å². The molecule has 3 aliphatic heterocycles. The monoisotopic (exact) mass is 776 g/mol. The SMILES string of the molecule is CC1(C)CCC(C)(C)c2cc(N3B4c5cccc6c5N(c5ccccc5C6(C)C)c5cc6c(oc7ccccc76)c(c54)-c4cc5c(cc43)-c3ccccc3C5(C)C)ccc21. The van der Waals surface area contributed by atoms with Crippen molar-refractivity contribution in [3.63, 3.8) is 0 Å². The van der Waals surface area contributed by atoms with E-state index in [-0.39, 0.29) is 28.5 Å². The Labute approximate surface area is 353 Å². The van der Waals surface area contributed by atoms with E-state index < -0.39 is 0 Å². The molecule has 13 rings (SSSR count). The zero-order chi connectivity index (χ0) is 40.8. The lowest BCUT2D eigenvalue weighted by molar-refractivity contribution is 0.332. The summed E-state index contributed by atoms with van der Waals surface area (Å²) in [4.78, 5) is 5.36. The largest absolute Gasteiger partial charge is 0.455 e. The molecule has 0 amide bonds. The third-order valence-corrected chi connectivity index (χ3v) is 15.9. The third kappa shape index (κ3) is 4.13. The number of anilines is 5. The number of para-hydroxylation sites is 3. The summed E-state index contributed by atoms with van der Waals surface area (Å²) in [7, 11) is 0. The van der Waals surface area contributed by atoms with Crippen LogP contribution in [0.5, 0.6) is 0 Å². The van der Waals surface area contributed by atoms with Crippen LogP contribution in [-0.4, -0.2) is 6.85 Å². The van der Waals surface area contributed by atoms with Crippen LogP contribution in [0.15, 0.2) is 132 Å². The van der Waals surface area contributed by atoms with E-state index in [4.69, 9.17) is 4.42 Å². The van der Waals surface area contributed by atoms with Gasteiger partial charge in [-0.3, -0.25) is 0 Å². The molecule has 8 aromatic rings. The van der Waals surface area contributed by atoms with Crippen LogP contribution in [0, 0.1) is 0 Å². The molecule has 0 bridgehead atoms. The molecule has 0 atom stereocenters. The van der Waals surface area contributed by atoms with E-state index in [1.165, 1.54) is 113 Å². The number of rotatable bonds is 1. The minimum Gasteiger partial charge on any atom is -0.455 e. The first kappa shape index (κ1) is 34.8. The minimum absolute atomic E-state index is 0.0624. The number of benzene rings is 7. The van der Waals surface area contributed by atoms with Gasteiger partial charge in [-0.1, -0.05) is 140 Å². The lowest BCUT2D eigenvalue weighted by Crippen LogP contribution is -2.62. The maximum Gasteiger partial charge on any atom is 0.333 e. The highest BCUT2D eigenvalue weighted by molar-refractivity contribution is 6.94. The highest BCUT2D eigenvalue weighted by atomic mass is 16.3. The van der Waals surface area contributed by atoms with Gasteiger partial charge in [0.1, 0.15) is 11.2 Å². The fourth-order valence-electron chi connectivity index (χ4n) is 12.6. The summed E-state index contributed by atoms with van der Waals surface area (Å²) in [6.07, 6.45) is 2.36. The second kappa shape index (κ2) is 11.0. The Balaban J connectivity index is 1.22. The molecule has 0 saturated carbocycles. The molecule has 0 N–H and O–H groups in total. The van der Waals surface area contributed by atoms with Crippen LogP contribution in [0.25, 0.3) is 44.2 Å². The summed E-state index contributed by atoms with van der Waals surface area (Å²) in [5, 5.41) is 2.33. The Kier molecular flexibility index (Phi) is 6.40. The second-order valence-electron chi connectivity index (χ2n) is 20.7. The van der Waals surface area contributed by atoms with Gasteiger partial charge in [0, 0.05) is 55.5 Å². The molecule has 0 unspecified atom stereocenters. The Hall–Kier alpha value is -6.00. The van der Waals surface area contributed by atoms with E-state index in [1.54, 1.807) is 0 Å². The molecule has 0 fully saturated rings. The van der Waals surface area contributed by atoms with Crippen LogP contribution in [-0.2, 0) is 21.7 Å². The molecular weight excluding hydrogens is 727 g/mol. The highest BCUT2D eigenvalue weighted by Gasteiger charge is 2.51. The first-order chi connectivity index (χ1) is 28.8. The minimum atomic E-state index is -0.194. The first-order valence-electron chi connectivity index (χ1n) is 22.0. The molecule has 4 heterocycles.